The molecule has 0 spiro atoms. The molecule has 0 saturated carbocycles. The summed E-state index contributed by atoms with van der Waals surface area (Å²) in [6.07, 6.45) is -1.26. The summed E-state index contributed by atoms with van der Waals surface area (Å²) in [5, 5.41) is 5.25. The largest absolute Gasteiger partial charge is 0.495 e. The van der Waals surface area contributed by atoms with Crippen molar-refractivity contribution in [3.8, 4) is 5.75 Å². The number of ether oxygens (including phenoxy) is 1. The lowest BCUT2D eigenvalue weighted by Gasteiger charge is -2.28. The number of hydrogen-bond acceptors (Lipinski definition) is 6. The average Bonchev–Trinajstić information content (AvgIpc) is 2.88. The van der Waals surface area contributed by atoms with Gasteiger partial charge in [-0.25, -0.2) is 12.7 Å². The lowest BCUT2D eigenvalue weighted by atomic mass is 10.2. The summed E-state index contributed by atoms with van der Waals surface area (Å²) in [5.41, 5.74) is 0.421. The molecule has 2 aromatic carbocycles. The van der Waals surface area contributed by atoms with Crippen LogP contribution in [0.3, 0.4) is 0 Å². The average molecular weight is 493 g/mol. The van der Waals surface area contributed by atoms with Crippen LogP contribution in [0.25, 0.3) is 0 Å². The van der Waals surface area contributed by atoms with Crippen LogP contribution >= 0.6 is 34.8 Å². The number of nitrogens with one attached hydrogen (secondary N) is 2. The van der Waals surface area contributed by atoms with E-state index in [4.69, 9.17) is 39.5 Å². The molecule has 30 heavy (non-hydrogen) atoms. The maximum atomic E-state index is 12.6. The number of nitrogens with zero attached hydrogens (tertiary/aromatic N) is 1. The number of amides is 2. The lowest BCUT2D eigenvalue weighted by Crippen LogP contribution is -2.52. The normalized spacial score (nSPS) is 16.0. The maximum Gasteiger partial charge on any atom is 0.269 e. The second-order valence-corrected chi connectivity index (χ2v) is 10.4. The fraction of sp³-hybridized carbons (Fsp3) is 0.222. The molecule has 8 nitrogen and oxygen atoms in total. The summed E-state index contributed by atoms with van der Waals surface area (Å²) < 4.78 is 28.9. The molecule has 1 heterocycles. The van der Waals surface area contributed by atoms with E-state index in [9.17, 15) is 18.0 Å². The standard InChI is InChI=1S/C18H16Cl3N3O5S/c1-29-13-8-4-3-7-12(13)22-17(18(19,20)21)23-15(25)10-24-16(26)11-6-2-5-9-14(11)30(24,27)28/h2-9,17,22H,10H2,1H3,(H,23,25)/t17-/m0/s1. The summed E-state index contributed by atoms with van der Waals surface area (Å²) in [4.78, 5) is 24.9. The van der Waals surface area contributed by atoms with Crippen LogP contribution in [0.15, 0.2) is 53.4 Å². The fourth-order valence-electron chi connectivity index (χ4n) is 2.84. The Morgan fingerprint density at radius 1 is 1.13 bits per heavy atom. The second kappa shape index (κ2) is 8.50. The van der Waals surface area contributed by atoms with Crippen molar-refractivity contribution in [2.24, 2.45) is 0 Å². The van der Waals surface area contributed by atoms with E-state index in [2.05, 4.69) is 10.6 Å². The van der Waals surface area contributed by atoms with Gasteiger partial charge in [-0.3, -0.25) is 9.59 Å². The van der Waals surface area contributed by atoms with E-state index in [1.165, 1.54) is 31.4 Å². The molecule has 1 aliphatic rings. The summed E-state index contributed by atoms with van der Waals surface area (Å²) in [6, 6.07) is 12.4. The number of fused-ring (bicyclic) bond motifs is 1. The number of methoxy groups -OCH3 is 1. The molecule has 0 bridgehead atoms. The number of rotatable bonds is 6. The van der Waals surface area contributed by atoms with Crippen LogP contribution in [0.4, 0.5) is 5.69 Å². The Kier molecular flexibility index (Phi) is 6.37. The van der Waals surface area contributed by atoms with Crippen LogP contribution in [0.2, 0.25) is 0 Å². The number of carbonyl (C=O) groups is 2. The highest BCUT2D eigenvalue weighted by Gasteiger charge is 2.43. The number of anilines is 1. The Bertz CT molecular complexity index is 1090. The SMILES string of the molecule is COc1ccccc1N[C@@H](NC(=O)CN1C(=O)c2ccccc2S1(=O)=O)C(Cl)(Cl)Cl. The van der Waals surface area contributed by atoms with E-state index < -0.39 is 38.3 Å². The quantitative estimate of drug-likeness (QED) is 0.475. The van der Waals surface area contributed by atoms with Gasteiger partial charge in [-0.2, -0.15) is 0 Å². The first-order chi connectivity index (χ1) is 14.1. The zero-order valence-corrected chi connectivity index (χ0v) is 18.5. The summed E-state index contributed by atoms with van der Waals surface area (Å²) in [6.45, 7) is -0.777. The van der Waals surface area contributed by atoms with Gasteiger partial charge in [0.2, 0.25) is 9.70 Å². The topological polar surface area (TPSA) is 105 Å². The fourth-order valence-corrected chi connectivity index (χ4v) is 4.70. The van der Waals surface area contributed by atoms with Gasteiger partial charge in [0.25, 0.3) is 15.9 Å². The molecule has 3 rings (SSSR count). The monoisotopic (exact) mass is 491 g/mol. The van der Waals surface area contributed by atoms with Gasteiger partial charge in [0.15, 0.2) is 0 Å². The predicted octanol–water partition coefficient (Wildman–Crippen LogP) is 2.76. The van der Waals surface area contributed by atoms with Crippen molar-refractivity contribution in [2.75, 3.05) is 19.0 Å². The summed E-state index contributed by atoms with van der Waals surface area (Å²) in [7, 11) is -2.70. The molecule has 1 aliphatic heterocycles. The zero-order valence-electron chi connectivity index (χ0n) is 15.4. The highest BCUT2D eigenvalue weighted by Crippen LogP contribution is 2.34. The number of benzene rings is 2. The Balaban J connectivity index is 1.78. The number of sulfonamides is 1. The third-order valence-electron chi connectivity index (χ3n) is 4.24. The van der Waals surface area contributed by atoms with Crippen molar-refractivity contribution in [2.45, 2.75) is 14.9 Å². The molecule has 2 N–H and O–H groups in total. The summed E-state index contributed by atoms with van der Waals surface area (Å²) in [5.74, 6) is -1.22. The van der Waals surface area contributed by atoms with Gasteiger partial charge in [0.1, 0.15) is 23.4 Å². The van der Waals surface area contributed by atoms with E-state index in [0.29, 0.717) is 15.7 Å². The molecule has 12 heteroatoms. The van der Waals surface area contributed by atoms with Gasteiger partial charge in [-0.05, 0) is 24.3 Å². The molecular formula is C18H16Cl3N3O5S. The molecule has 0 aromatic heterocycles. The van der Waals surface area contributed by atoms with Gasteiger partial charge in [0, 0.05) is 0 Å². The highest BCUT2D eigenvalue weighted by molar-refractivity contribution is 7.90. The smallest absolute Gasteiger partial charge is 0.269 e. The molecule has 0 aliphatic carbocycles. The number of carbonyl (C=O) groups excluding carboxylic acids is 2. The van der Waals surface area contributed by atoms with Crippen molar-refractivity contribution in [3.05, 3.63) is 54.1 Å². The van der Waals surface area contributed by atoms with Crippen molar-refractivity contribution >= 4 is 62.3 Å². The third kappa shape index (κ3) is 4.44. The molecule has 160 valence electrons. The van der Waals surface area contributed by atoms with E-state index in [1.807, 2.05) is 0 Å². The minimum absolute atomic E-state index is 0.00428. The van der Waals surface area contributed by atoms with Gasteiger partial charge in [-0.15, -0.1) is 0 Å². The first-order valence-corrected chi connectivity index (χ1v) is 11.0. The number of alkyl halides is 3. The molecule has 0 saturated heterocycles. The van der Waals surface area contributed by atoms with Crippen LogP contribution in [-0.2, 0) is 14.8 Å². The van der Waals surface area contributed by atoms with Crippen molar-refractivity contribution in [1.29, 1.82) is 0 Å². The Hall–Kier alpha value is -2.20. The van der Waals surface area contributed by atoms with E-state index in [1.54, 1.807) is 24.3 Å². The van der Waals surface area contributed by atoms with Crippen LogP contribution in [0, 0.1) is 0 Å². The van der Waals surface area contributed by atoms with Crippen molar-refractivity contribution in [3.63, 3.8) is 0 Å². The van der Waals surface area contributed by atoms with Crippen molar-refractivity contribution < 1.29 is 22.7 Å². The third-order valence-corrected chi connectivity index (χ3v) is 6.68. The molecule has 2 amide bonds. The predicted molar refractivity (Wildman–Crippen MR) is 114 cm³/mol. The molecule has 2 aromatic rings. The van der Waals surface area contributed by atoms with Gasteiger partial charge in [0.05, 0.1) is 18.4 Å². The maximum absolute atomic E-state index is 12.6. The molecule has 0 radical (unpaired) electrons. The Labute approximate surface area is 188 Å². The molecular weight excluding hydrogens is 477 g/mol. The lowest BCUT2D eigenvalue weighted by molar-refractivity contribution is -0.121. The molecule has 1 atom stereocenters. The molecule has 0 unspecified atom stereocenters. The van der Waals surface area contributed by atoms with E-state index in [0.717, 1.165) is 0 Å². The van der Waals surface area contributed by atoms with Crippen LogP contribution < -0.4 is 15.4 Å². The van der Waals surface area contributed by atoms with Gasteiger partial charge in [-0.1, -0.05) is 59.1 Å². The second-order valence-electron chi connectivity index (χ2n) is 6.20. The van der Waals surface area contributed by atoms with Crippen LogP contribution in [0.5, 0.6) is 5.75 Å². The minimum Gasteiger partial charge on any atom is -0.495 e. The van der Waals surface area contributed by atoms with E-state index in [-0.39, 0.29) is 10.5 Å². The Morgan fingerprint density at radius 3 is 2.40 bits per heavy atom. The minimum atomic E-state index is -4.15. The first-order valence-electron chi connectivity index (χ1n) is 8.47. The van der Waals surface area contributed by atoms with Gasteiger partial charge >= 0.3 is 0 Å². The molecule has 0 fully saturated rings. The van der Waals surface area contributed by atoms with Crippen LogP contribution in [-0.4, -0.2) is 48.2 Å². The van der Waals surface area contributed by atoms with E-state index >= 15 is 0 Å². The highest BCUT2D eigenvalue weighted by atomic mass is 35.6. The number of halogens is 3. The zero-order chi connectivity index (χ0) is 22.1. The first kappa shape index (κ1) is 22.5. The van der Waals surface area contributed by atoms with Crippen LogP contribution in [0.1, 0.15) is 10.4 Å². The Morgan fingerprint density at radius 2 is 1.77 bits per heavy atom. The number of para-hydroxylation sites is 2. The number of hydrogen-bond donors (Lipinski definition) is 2. The van der Waals surface area contributed by atoms with Gasteiger partial charge < -0.3 is 15.4 Å². The van der Waals surface area contributed by atoms with Crippen molar-refractivity contribution in [1.82, 2.24) is 9.62 Å². The summed E-state index contributed by atoms with van der Waals surface area (Å²) >= 11 is 17.9.